The molecular weight excluding hydrogens is 628 g/mol. The number of esters is 3. The molecule has 2 fully saturated rings. The van der Waals surface area contributed by atoms with Gasteiger partial charge in [0.15, 0.2) is 0 Å². The summed E-state index contributed by atoms with van der Waals surface area (Å²) in [6.45, 7) is 15.2. The summed E-state index contributed by atoms with van der Waals surface area (Å²) in [4.78, 5) is 38.2. The van der Waals surface area contributed by atoms with Gasteiger partial charge in [-0.15, -0.1) is 0 Å². The van der Waals surface area contributed by atoms with Crippen molar-refractivity contribution in [2.45, 2.75) is 125 Å². The molecule has 7 heteroatoms. The van der Waals surface area contributed by atoms with Crippen LogP contribution >= 0.6 is 0 Å². The zero-order valence-electron chi connectivity index (χ0n) is 31.4. The van der Waals surface area contributed by atoms with Crippen LogP contribution in [-0.2, 0) is 35.0 Å². The molecule has 2 saturated carbocycles. The third kappa shape index (κ3) is 6.91. The van der Waals surface area contributed by atoms with E-state index in [1.165, 1.54) is 16.7 Å². The SMILES string of the molecule is C[C@@H]1CC[C@@]2(C)C(COC(=O)CC(=O)OCC3=CCC[C@@H]4[C@@](C)(CCc5ccoc5)[C@H](C)CC[C@@]34C)=CCC[C@@H]2[C@@]1(C)CCC1=CCOC1=O. The highest BCUT2D eigenvalue weighted by Gasteiger charge is 2.55. The highest BCUT2D eigenvalue weighted by Crippen LogP contribution is 2.63. The Morgan fingerprint density at radius 2 is 1.32 bits per heavy atom. The van der Waals surface area contributed by atoms with Gasteiger partial charge in [0.05, 0.1) is 12.5 Å². The van der Waals surface area contributed by atoms with Gasteiger partial charge in [-0.1, -0.05) is 53.7 Å². The molecule has 0 radical (unpaired) electrons. The summed E-state index contributed by atoms with van der Waals surface area (Å²) in [5, 5.41) is 0. The van der Waals surface area contributed by atoms with Crippen molar-refractivity contribution in [3.63, 3.8) is 0 Å². The van der Waals surface area contributed by atoms with E-state index in [9.17, 15) is 14.4 Å². The van der Waals surface area contributed by atoms with Gasteiger partial charge < -0.3 is 18.6 Å². The lowest BCUT2D eigenvalue weighted by Crippen LogP contribution is -2.50. The molecule has 0 saturated heterocycles. The number of carbonyl (C=O) groups is 3. The fourth-order valence-corrected chi connectivity index (χ4v) is 11.2. The first-order chi connectivity index (χ1) is 23.8. The third-order valence-electron chi connectivity index (χ3n) is 15.1. The van der Waals surface area contributed by atoms with Crippen LogP contribution in [0.3, 0.4) is 0 Å². The predicted molar refractivity (Wildman–Crippen MR) is 193 cm³/mol. The Morgan fingerprint density at radius 1 is 0.780 bits per heavy atom. The van der Waals surface area contributed by atoms with E-state index in [0.29, 0.717) is 30.3 Å². The van der Waals surface area contributed by atoms with Crippen LogP contribution in [0.1, 0.15) is 124 Å². The summed E-state index contributed by atoms with van der Waals surface area (Å²) in [7, 11) is 0. The summed E-state index contributed by atoms with van der Waals surface area (Å²) in [5.41, 5.74) is 4.55. The number of fused-ring (bicyclic) bond motifs is 2. The molecule has 0 unspecified atom stereocenters. The highest BCUT2D eigenvalue weighted by atomic mass is 16.6. The first-order valence-corrected chi connectivity index (χ1v) is 19.4. The molecule has 274 valence electrons. The lowest BCUT2D eigenvalue weighted by molar-refractivity contribution is -0.154. The molecule has 0 N–H and O–H groups in total. The highest BCUT2D eigenvalue weighted by molar-refractivity contribution is 5.91. The summed E-state index contributed by atoms with van der Waals surface area (Å²) in [6, 6.07) is 2.07. The second kappa shape index (κ2) is 14.5. The standard InChI is InChI=1S/C43H60O7/c1-29-13-19-42(5)33(9-7-11-35(42)40(29,3)21-15-31-17-23-47-26-31)27-49-37(44)25-38(45)50-28-34-10-8-12-36-41(4,30(2)14-20-43(34,36)6)22-16-32-18-24-48-39(32)46/h9-10,17-18,23,26,29-30,35-36H,7-8,11-16,19-22,24-25,27-28H2,1-6H3/t29-,30-,35-,36-,40+,41+,42+,43+/m1/s1. The second-order valence-electron chi connectivity index (χ2n) is 17.4. The molecule has 6 rings (SSSR count). The van der Waals surface area contributed by atoms with Crippen molar-refractivity contribution in [2.24, 2.45) is 45.3 Å². The van der Waals surface area contributed by atoms with Crippen LogP contribution < -0.4 is 0 Å². The Hall–Kier alpha value is -3.09. The molecule has 2 heterocycles. The van der Waals surface area contributed by atoms with Crippen LogP contribution in [0, 0.1) is 45.3 Å². The average Bonchev–Trinajstić information content (AvgIpc) is 3.77. The Bertz CT molecular complexity index is 1520. The Morgan fingerprint density at radius 3 is 1.80 bits per heavy atom. The molecule has 7 nitrogen and oxygen atoms in total. The summed E-state index contributed by atoms with van der Waals surface area (Å²) < 4.78 is 22.1. The van der Waals surface area contributed by atoms with Crippen LogP contribution in [0.2, 0.25) is 0 Å². The van der Waals surface area contributed by atoms with Crippen molar-refractivity contribution in [1.29, 1.82) is 0 Å². The maximum absolute atomic E-state index is 13.0. The number of carbonyl (C=O) groups excluding carboxylic acids is 3. The number of furan rings is 1. The van der Waals surface area contributed by atoms with Crippen LogP contribution in [0.25, 0.3) is 0 Å². The van der Waals surface area contributed by atoms with Crippen molar-refractivity contribution in [3.8, 4) is 0 Å². The number of hydrogen-bond acceptors (Lipinski definition) is 7. The molecule has 1 aromatic rings. The molecular formula is C43H60O7. The first-order valence-electron chi connectivity index (χ1n) is 19.4. The quantitative estimate of drug-likeness (QED) is 0.0935. The summed E-state index contributed by atoms with van der Waals surface area (Å²) in [6.07, 6.45) is 22.0. The van der Waals surface area contributed by atoms with Gasteiger partial charge in [0, 0.05) is 5.57 Å². The minimum atomic E-state index is -0.528. The fourth-order valence-electron chi connectivity index (χ4n) is 11.2. The molecule has 0 amide bonds. The van der Waals surface area contributed by atoms with E-state index in [2.05, 4.69) is 59.8 Å². The minimum absolute atomic E-state index is 0.0283. The van der Waals surface area contributed by atoms with Gasteiger partial charge in [-0.2, -0.15) is 0 Å². The largest absolute Gasteiger partial charge is 0.472 e. The zero-order chi connectivity index (χ0) is 35.7. The van der Waals surface area contributed by atoms with Crippen LogP contribution in [0.5, 0.6) is 0 Å². The molecule has 0 aromatic carbocycles. The number of ether oxygens (including phenoxy) is 3. The number of hydrogen-bond donors (Lipinski definition) is 0. The number of allylic oxidation sites excluding steroid dienone is 2. The number of rotatable bonds is 12. The smallest absolute Gasteiger partial charge is 0.334 e. The van der Waals surface area contributed by atoms with Crippen molar-refractivity contribution in [2.75, 3.05) is 19.8 Å². The van der Waals surface area contributed by atoms with E-state index < -0.39 is 11.9 Å². The van der Waals surface area contributed by atoms with Crippen molar-refractivity contribution in [1.82, 2.24) is 0 Å². The summed E-state index contributed by atoms with van der Waals surface area (Å²) >= 11 is 0. The van der Waals surface area contributed by atoms with Gasteiger partial charge in [-0.05, 0) is 151 Å². The number of cyclic esters (lactones) is 1. The maximum atomic E-state index is 13.0. The van der Waals surface area contributed by atoms with E-state index in [-0.39, 0.29) is 47.3 Å². The van der Waals surface area contributed by atoms with Crippen LogP contribution in [-0.4, -0.2) is 37.7 Å². The molecule has 8 atom stereocenters. The second-order valence-corrected chi connectivity index (χ2v) is 17.4. The third-order valence-corrected chi connectivity index (χ3v) is 15.1. The Labute approximate surface area is 299 Å². The van der Waals surface area contributed by atoms with Gasteiger partial charge in [0.25, 0.3) is 0 Å². The van der Waals surface area contributed by atoms with Gasteiger partial charge in [-0.25, -0.2) is 4.79 Å². The molecule has 50 heavy (non-hydrogen) atoms. The van der Waals surface area contributed by atoms with Crippen molar-refractivity contribution < 1.29 is 33.0 Å². The molecule has 0 spiro atoms. The first kappa shape index (κ1) is 36.7. The van der Waals surface area contributed by atoms with E-state index >= 15 is 0 Å². The topological polar surface area (TPSA) is 92.0 Å². The van der Waals surface area contributed by atoms with Gasteiger partial charge in [0.2, 0.25) is 0 Å². The van der Waals surface area contributed by atoms with Gasteiger partial charge in [0.1, 0.15) is 26.2 Å². The van der Waals surface area contributed by atoms with Crippen molar-refractivity contribution in [3.05, 3.63) is 59.1 Å². The van der Waals surface area contributed by atoms with Crippen LogP contribution in [0.4, 0.5) is 0 Å². The minimum Gasteiger partial charge on any atom is -0.472 e. The fraction of sp³-hybridized carbons (Fsp3) is 0.698. The Kier molecular flexibility index (Phi) is 10.6. The molecule has 1 aliphatic heterocycles. The van der Waals surface area contributed by atoms with Gasteiger partial charge >= 0.3 is 17.9 Å². The molecule has 4 aliphatic carbocycles. The molecule has 0 bridgehead atoms. The molecule has 5 aliphatic rings. The lowest BCUT2D eigenvalue weighted by Gasteiger charge is -2.58. The predicted octanol–water partition coefficient (Wildman–Crippen LogP) is 9.51. The monoisotopic (exact) mass is 688 g/mol. The van der Waals surface area contributed by atoms with E-state index in [0.717, 1.165) is 82.6 Å². The Balaban J connectivity index is 1.02. The van der Waals surface area contributed by atoms with Crippen molar-refractivity contribution >= 4 is 17.9 Å². The van der Waals surface area contributed by atoms with E-state index in [4.69, 9.17) is 18.6 Å². The normalized spacial score (nSPS) is 36.7. The lowest BCUT2D eigenvalue weighted by atomic mass is 9.47. The number of aryl methyl sites for hydroxylation is 1. The van der Waals surface area contributed by atoms with Crippen LogP contribution in [0.15, 0.2) is 58.0 Å². The maximum Gasteiger partial charge on any atom is 0.334 e. The average molecular weight is 689 g/mol. The van der Waals surface area contributed by atoms with E-state index in [1.807, 2.05) is 12.3 Å². The molecule has 1 aromatic heterocycles. The summed E-state index contributed by atoms with van der Waals surface area (Å²) in [5.74, 6) is 0.845. The van der Waals surface area contributed by atoms with Gasteiger partial charge in [-0.3, -0.25) is 9.59 Å². The van der Waals surface area contributed by atoms with E-state index in [1.54, 1.807) is 6.26 Å². The zero-order valence-corrected chi connectivity index (χ0v) is 31.4.